The number of benzene rings is 1. The van der Waals surface area contributed by atoms with E-state index in [4.69, 9.17) is 26.1 Å². The number of halogens is 1. The normalized spacial score (nSPS) is 10.3. The van der Waals surface area contributed by atoms with Gasteiger partial charge in [0.05, 0.1) is 18.2 Å². The molecule has 0 atom stereocenters. The van der Waals surface area contributed by atoms with Crippen LogP contribution in [0.25, 0.3) is 22.2 Å². The first kappa shape index (κ1) is 13.6. The fourth-order valence-corrected chi connectivity index (χ4v) is 2.76. The van der Waals surface area contributed by atoms with Crippen molar-refractivity contribution in [2.75, 3.05) is 7.11 Å². The summed E-state index contributed by atoms with van der Waals surface area (Å²) in [7, 11) is 1.54. The van der Waals surface area contributed by atoms with E-state index < -0.39 is 0 Å². The van der Waals surface area contributed by atoms with Gasteiger partial charge in [0.2, 0.25) is 5.82 Å². The van der Waals surface area contributed by atoms with Gasteiger partial charge in [-0.2, -0.15) is 10.2 Å². The van der Waals surface area contributed by atoms with E-state index in [2.05, 4.69) is 16.2 Å². The number of aromatic nitrogens is 2. The summed E-state index contributed by atoms with van der Waals surface area (Å²) in [5, 5.41) is 15.3. The van der Waals surface area contributed by atoms with Crippen molar-refractivity contribution < 1.29 is 9.26 Å². The molecule has 1 aromatic carbocycles. The average Bonchev–Trinajstić information content (AvgIpc) is 3.15. The van der Waals surface area contributed by atoms with Crippen molar-refractivity contribution in [2.45, 2.75) is 0 Å². The van der Waals surface area contributed by atoms with Gasteiger partial charge in [-0.15, -0.1) is 11.3 Å². The first-order valence-electron chi connectivity index (χ1n) is 5.88. The topological polar surface area (TPSA) is 71.9 Å². The van der Waals surface area contributed by atoms with E-state index in [9.17, 15) is 0 Å². The van der Waals surface area contributed by atoms with Crippen LogP contribution in [0, 0.1) is 11.3 Å². The number of rotatable bonds is 3. The summed E-state index contributed by atoms with van der Waals surface area (Å²) in [6.07, 6.45) is 0. The monoisotopic (exact) mass is 317 g/mol. The average molecular weight is 318 g/mol. The second kappa shape index (κ2) is 5.56. The minimum absolute atomic E-state index is 0.313. The fraction of sp³-hybridized carbons (Fsp3) is 0.0714. The molecule has 0 fully saturated rings. The quantitative estimate of drug-likeness (QED) is 0.730. The third kappa shape index (κ3) is 2.49. The van der Waals surface area contributed by atoms with E-state index in [0.717, 1.165) is 0 Å². The van der Waals surface area contributed by atoms with E-state index >= 15 is 0 Å². The molecule has 0 unspecified atom stereocenters. The predicted molar refractivity (Wildman–Crippen MR) is 79.3 cm³/mol. The lowest BCUT2D eigenvalue weighted by Gasteiger charge is -2.04. The molecule has 7 heteroatoms. The molecule has 0 saturated carbocycles. The molecule has 104 valence electrons. The maximum atomic E-state index is 9.04. The van der Waals surface area contributed by atoms with Crippen molar-refractivity contribution in [3.8, 4) is 34.0 Å². The van der Waals surface area contributed by atoms with Crippen LogP contribution < -0.4 is 4.74 Å². The van der Waals surface area contributed by atoms with Crippen LogP contribution in [0.4, 0.5) is 0 Å². The Morgan fingerprint density at radius 1 is 1.38 bits per heavy atom. The van der Waals surface area contributed by atoms with Crippen molar-refractivity contribution in [3.63, 3.8) is 0 Å². The zero-order valence-electron chi connectivity index (χ0n) is 10.8. The van der Waals surface area contributed by atoms with Crippen LogP contribution in [0.3, 0.4) is 0 Å². The summed E-state index contributed by atoms with van der Waals surface area (Å²) < 4.78 is 10.5. The lowest BCUT2D eigenvalue weighted by Crippen LogP contribution is -1.89. The molecule has 0 N–H and O–H groups in total. The number of ether oxygens (including phenoxy) is 1. The zero-order chi connectivity index (χ0) is 14.8. The van der Waals surface area contributed by atoms with Gasteiger partial charge >= 0.3 is 0 Å². The Kier molecular flexibility index (Phi) is 3.60. The first-order valence-corrected chi connectivity index (χ1v) is 7.14. The molecule has 3 rings (SSSR count). The largest absolute Gasteiger partial charge is 0.496 e. The van der Waals surface area contributed by atoms with Gasteiger partial charge in [0.15, 0.2) is 0 Å². The van der Waals surface area contributed by atoms with Gasteiger partial charge in [-0.1, -0.05) is 16.8 Å². The smallest absolute Gasteiger partial charge is 0.269 e. The van der Waals surface area contributed by atoms with Crippen molar-refractivity contribution in [2.24, 2.45) is 0 Å². The van der Waals surface area contributed by atoms with Gasteiger partial charge in [-0.05, 0) is 29.6 Å². The summed E-state index contributed by atoms with van der Waals surface area (Å²) >= 11 is 7.31. The molecule has 0 bridgehead atoms. The highest BCUT2D eigenvalue weighted by Crippen LogP contribution is 2.33. The Labute approximate surface area is 129 Å². The highest BCUT2D eigenvalue weighted by Gasteiger charge is 2.17. The van der Waals surface area contributed by atoms with Gasteiger partial charge in [0, 0.05) is 5.02 Å². The van der Waals surface area contributed by atoms with Gasteiger partial charge in [-0.25, -0.2) is 0 Å². The number of thiophene rings is 1. The molecule has 0 aliphatic heterocycles. The molecule has 0 radical (unpaired) electrons. The van der Waals surface area contributed by atoms with E-state index in [1.807, 2.05) is 0 Å². The van der Waals surface area contributed by atoms with Gasteiger partial charge < -0.3 is 9.26 Å². The summed E-state index contributed by atoms with van der Waals surface area (Å²) in [4.78, 5) is 4.98. The molecule has 3 aromatic rings. The first-order chi connectivity index (χ1) is 10.2. The summed E-state index contributed by atoms with van der Waals surface area (Å²) in [5.74, 6) is 1.26. The molecular formula is C14H8ClN3O2S. The molecule has 0 amide bonds. The number of hydrogen-bond donors (Lipinski definition) is 0. The maximum absolute atomic E-state index is 9.04. The van der Waals surface area contributed by atoms with Crippen LogP contribution in [0.2, 0.25) is 5.02 Å². The third-order valence-corrected chi connectivity index (χ3v) is 3.95. The summed E-state index contributed by atoms with van der Waals surface area (Å²) in [6, 6.07) is 8.97. The second-order valence-electron chi connectivity index (χ2n) is 4.04. The van der Waals surface area contributed by atoms with Crippen molar-refractivity contribution in [3.05, 3.63) is 40.2 Å². The summed E-state index contributed by atoms with van der Waals surface area (Å²) in [6.45, 7) is 0. The lowest BCUT2D eigenvalue weighted by molar-refractivity contribution is 0.413. The predicted octanol–water partition coefficient (Wildman–Crippen LogP) is 4.00. The van der Waals surface area contributed by atoms with Crippen LogP contribution in [-0.2, 0) is 0 Å². The molecule has 0 spiro atoms. The van der Waals surface area contributed by atoms with E-state index in [1.165, 1.54) is 11.3 Å². The minimum Gasteiger partial charge on any atom is -0.496 e. The lowest BCUT2D eigenvalue weighted by atomic mass is 10.2. The Hall–Kier alpha value is -2.36. The Balaban J connectivity index is 2.05. The number of methoxy groups -OCH3 is 1. The molecule has 2 heterocycles. The van der Waals surface area contributed by atoms with Crippen LogP contribution in [-0.4, -0.2) is 17.3 Å². The molecule has 0 saturated heterocycles. The highest BCUT2D eigenvalue weighted by molar-refractivity contribution is 7.13. The van der Waals surface area contributed by atoms with E-state index in [1.54, 1.807) is 36.8 Å². The maximum Gasteiger partial charge on any atom is 0.269 e. The summed E-state index contributed by atoms with van der Waals surface area (Å²) in [5.41, 5.74) is 1.19. The Morgan fingerprint density at radius 2 is 2.24 bits per heavy atom. The molecule has 5 nitrogen and oxygen atoms in total. The van der Waals surface area contributed by atoms with Crippen LogP contribution >= 0.6 is 22.9 Å². The fourth-order valence-electron chi connectivity index (χ4n) is 1.84. The Morgan fingerprint density at radius 3 is 3.00 bits per heavy atom. The molecule has 2 aromatic heterocycles. The minimum atomic E-state index is 0.313. The van der Waals surface area contributed by atoms with Gasteiger partial charge in [0.25, 0.3) is 5.89 Å². The Bertz CT molecular complexity index is 835. The standard InChI is InChI=1S/C14H8ClN3O2S/c1-19-11-6-9(15)2-3-10(11)13-17-14(20-18-13)12-8(7-16)4-5-21-12/h2-6H,1H3. The van der Waals surface area contributed by atoms with Crippen molar-refractivity contribution in [1.29, 1.82) is 5.26 Å². The van der Waals surface area contributed by atoms with E-state index in [0.29, 0.717) is 38.5 Å². The van der Waals surface area contributed by atoms with Gasteiger partial charge in [0.1, 0.15) is 16.7 Å². The molecule has 0 aliphatic carbocycles. The van der Waals surface area contributed by atoms with Crippen molar-refractivity contribution in [1.82, 2.24) is 10.1 Å². The van der Waals surface area contributed by atoms with Gasteiger partial charge in [-0.3, -0.25) is 0 Å². The number of hydrogen-bond acceptors (Lipinski definition) is 6. The van der Waals surface area contributed by atoms with Crippen molar-refractivity contribution >= 4 is 22.9 Å². The second-order valence-corrected chi connectivity index (χ2v) is 5.40. The zero-order valence-corrected chi connectivity index (χ0v) is 12.4. The van der Waals surface area contributed by atoms with Crippen LogP contribution in [0.1, 0.15) is 5.56 Å². The van der Waals surface area contributed by atoms with Crippen LogP contribution in [0.5, 0.6) is 5.75 Å². The SMILES string of the molecule is COc1cc(Cl)ccc1-c1noc(-c2sccc2C#N)n1. The van der Waals surface area contributed by atoms with Crippen LogP contribution in [0.15, 0.2) is 34.2 Å². The molecule has 21 heavy (non-hydrogen) atoms. The third-order valence-electron chi connectivity index (χ3n) is 2.81. The molecular weight excluding hydrogens is 310 g/mol. The van der Waals surface area contributed by atoms with E-state index in [-0.39, 0.29) is 0 Å². The molecule has 0 aliphatic rings. The number of nitriles is 1. The number of nitrogens with zero attached hydrogens (tertiary/aromatic N) is 3. The highest BCUT2D eigenvalue weighted by atomic mass is 35.5.